The lowest BCUT2D eigenvalue weighted by atomic mass is 9.97. The molecule has 1 N–H and O–H groups in total. The number of esters is 1. The number of aromatic nitrogens is 1. The summed E-state index contributed by atoms with van der Waals surface area (Å²) in [5.41, 5.74) is 2.33. The standard InChI is InChI=1S/C19H24N2O3/c1-3-24-19(23)17-13(2)15-8-4-5-9-16(15)20-18(17)21-10-6-7-14(11-21)12-22/h4-5,8-9,14,22H,3,6-7,10-12H2,1-2H3. The molecule has 0 amide bonds. The van der Waals surface area contributed by atoms with E-state index in [1.807, 2.05) is 38.1 Å². The Bertz CT molecular complexity index is 745. The van der Waals surface area contributed by atoms with Gasteiger partial charge >= 0.3 is 5.97 Å². The van der Waals surface area contributed by atoms with Gasteiger partial charge < -0.3 is 14.7 Å². The highest BCUT2D eigenvalue weighted by atomic mass is 16.5. The van der Waals surface area contributed by atoms with Crippen molar-refractivity contribution in [3.05, 3.63) is 35.4 Å². The second-order valence-electron chi connectivity index (χ2n) is 6.31. The lowest BCUT2D eigenvalue weighted by Gasteiger charge is -2.34. The quantitative estimate of drug-likeness (QED) is 0.874. The maximum atomic E-state index is 12.6. The van der Waals surface area contributed by atoms with Gasteiger partial charge in [-0.05, 0) is 44.2 Å². The van der Waals surface area contributed by atoms with Crippen molar-refractivity contribution in [3.63, 3.8) is 0 Å². The van der Waals surface area contributed by atoms with E-state index in [0.29, 0.717) is 24.5 Å². The van der Waals surface area contributed by atoms with E-state index in [4.69, 9.17) is 9.72 Å². The lowest BCUT2D eigenvalue weighted by Crippen LogP contribution is -2.38. The summed E-state index contributed by atoms with van der Waals surface area (Å²) in [5.74, 6) is 0.583. The molecule has 1 unspecified atom stereocenters. The van der Waals surface area contributed by atoms with Gasteiger partial charge in [-0.1, -0.05) is 18.2 Å². The van der Waals surface area contributed by atoms with Gasteiger partial charge in [0.2, 0.25) is 0 Å². The number of aliphatic hydroxyl groups is 1. The first-order valence-corrected chi connectivity index (χ1v) is 8.58. The zero-order valence-electron chi connectivity index (χ0n) is 14.3. The van der Waals surface area contributed by atoms with Gasteiger partial charge in [-0.15, -0.1) is 0 Å². The van der Waals surface area contributed by atoms with Crippen LogP contribution in [0.1, 0.15) is 35.7 Å². The minimum absolute atomic E-state index is 0.164. The second-order valence-corrected chi connectivity index (χ2v) is 6.31. The van der Waals surface area contributed by atoms with E-state index in [-0.39, 0.29) is 18.5 Å². The molecule has 0 saturated carbocycles. The van der Waals surface area contributed by atoms with Crippen molar-refractivity contribution in [2.24, 2.45) is 5.92 Å². The van der Waals surface area contributed by atoms with Crippen LogP contribution in [0.25, 0.3) is 10.9 Å². The largest absolute Gasteiger partial charge is 0.462 e. The number of nitrogens with zero attached hydrogens (tertiary/aromatic N) is 2. The number of aliphatic hydroxyl groups excluding tert-OH is 1. The number of hydrogen-bond acceptors (Lipinski definition) is 5. The van der Waals surface area contributed by atoms with Crippen LogP contribution in [-0.4, -0.2) is 42.4 Å². The number of ether oxygens (including phenoxy) is 1. The van der Waals surface area contributed by atoms with Gasteiger partial charge in [-0.25, -0.2) is 9.78 Å². The lowest BCUT2D eigenvalue weighted by molar-refractivity contribution is 0.0526. The van der Waals surface area contributed by atoms with Gasteiger partial charge in [-0.3, -0.25) is 0 Å². The highest BCUT2D eigenvalue weighted by molar-refractivity contribution is 6.02. The predicted molar refractivity (Wildman–Crippen MR) is 94.5 cm³/mol. The predicted octanol–water partition coefficient (Wildman–Crippen LogP) is 2.93. The van der Waals surface area contributed by atoms with Crippen molar-refractivity contribution in [1.29, 1.82) is 0 Å². The number of carbonyl (C=O) groups excluding carboxylic acids is 1. The maximum Gasteiger partial charge on any atom is 0.342 e. The van der Waals surface area contributed by atoms with Gasteiger partial charge in [-0.2, -0.15) is 0 Å². The Morgan fingerprint density at radius 2 is 2.21 bits per heavy atom. The molecule has 1 fully saturated rings. The molecule has 1 aromatic carbocycles. The van der Waals surface area contributed by atoms with Crippen LogP contribution in [0.3, 0.4) is 0 Å². The van der Waals surface area contributed by atoms with Crippen LogP contribution in [0.15, 0.2) is 24.3 Å². The average molecular weight is 328 g/mol. The fraction of sp³-hybridized carbons (Fsp3) is 0.474. The molecule has 1 aliphatic heterocycles. The first-order valence-electron chi connectivity index (χ1n) is 8.58. The number of benzene rings is 1. The van der Waals surface area contributed by atoms with Crippen LogP contribution in [0.2, 0.25) is 0 Å². The average Bonchev–Trinajstić information content (AvgIpc) is 2.61. The molecule has 3 rings (SSSR count). The Morgan fingerprint density at radius 1 is 1.42 bits per heavy atom. The van der Waals surface area contributed by atoms with Crippen LogP contribution in [0, 0.1) is 12.8 Å². The van der Waals surface area contributed by atoms with Crippen molar-refractivity contribution in [2.45, 2.75) is 26.7 Å². The molecular weight excluding hydrogens is 304 g/mol. The van der Waals surface area contributed by atoms with Crippen molar-refractivity contribution < 1.29 is 14.6 Å². The Hall–Kier alpha value is -2.14. The molecule has 2 heterocycles. The van der Waals surface area contributed by atoms with Crippen LogP contribution in [0.4, 0.5) is 5.82 Å². The number of para-hydroxylation sites is 1. The fourth-order valence-electron chi connectivity index (χ4n) is 3.44. The number of pyridine rings is 1. The minimum Gasteiger partial charge on any atom is -0.462 e. The first kappa shape index (κ1) is 16.7. The molecule has 0 spiro atoms. The third-order valence-electron chi connectivity index (χ3n) is 4.69. The molecule has 1 saturated heterocycles. The normalized spacial score (nSPS) is 18.0. The molecule has 5 heteroatoms. The number of hydrogen-bond donors (Lipinski definition) is 1. The van der Waals surface area contributed by atoms with Gasteiger partial charge in [0.1, 0.15) is 11.4 Å². The van der Waals surface area contributed by atoms with Crippen molar-refractivity contribution in [1.82, 2.24) is 4.98 Å². The molecule has 1 aromatic heterocycles. The number of piperidine rings is 1. The second kappa shape index (κ2) is 7.18. The maximum absolute atomic E-state index is 12.6. The first-order chi connectivity index (χ1) is 11.7. The summed E-state index contributed by atoms with van der Waals surface area (Å²) in [6.07, 6.45) is 2.00. The van der Waals surface area contributed by atoms with Crippen LogP contribution in [0.5, 0.6) is 0 Å². The summed E-state index contributed by atoms with van der Waals surface area (Å²) in [4.78, 5) is 19.5. The third-order valence-corrected chi connectivity index (χ3v) is 4.69. The summed E-state index contributed by atoms with van der Waals surface area (Å²) < 4.78 is 5.29. The molecule has 128 valence electrons. The smallest absolute Gasteiger partial charge is 0.342 e. The zero-order chi connectivity index (χ0) is 17.1. The molecule has 0 bridgehead atoms. The molecule has 2 aromatic rings. The van der Waals surface area contributed by atoms with Crippen LogP contribution < -0.4 is 4.90 Å². The zero-order valence-corrected chi connectivity index (χ0v) is 14.3. The van der Waals surface area contributed by atoms with Crippen molar-refractivity contribution in [3.8, 4) is 0 Å². The minimum atomic E-state index is -0.325. The highest BCUT2D eigenvalue weighted by Crippen LogP contribution is 2.31. The van der Waals surface area contributed by atoms with E-state index in [0.717, 1.165) is 35.9 Å². The molecule has 0 radical (unpaired) electrons. The summed E-state index contributed by atoms with van der Waals surface area (Å²) in [7, 11) is 0. The monoisotopic (exact) mass is 328 g/mol. The van der Waals surface area contributed by atoms with Crippen molar-refractivity contribution in [2.75, 3.05) is 31.2 Å². The van der Waals surface area contributed by atoms with E-state index < -0.39 is 0 Å². The van der Waals surface area contributed by atoms with E-state index in [1.165, 1.54) is 0 Å². The molecule has 1 atom stereocenters. The molecule has 0 aliphatic carbocycles. The highest BCUT2D eigenvalue weighted by Gasteiger charge is 2.27. The van der Waals surface area contributed by atoms with E-state index in [1.54, 1.807) is 0 Å². The van der Waals surface area contributed by atoms with Crippen LogP contribution in [-0.2, 0) is 4.74 Å². The molecule has 1 aliphatic rings. The number of rotatable bonds is 4. The number of carbonyl (C=O) groups is 1. The van der Waals surface area contributed by atoms with Gasteiger partial charge in [0.05, 0.1) is 12.1 Å². The Kier molecular flexibility index (Phi) is 5.00. The van der Waals surface area contributed by atoms with Crippen molar-refractivity contribution >= 4 is 22.7 Å². The topological polar surface area (TPSA) is 62.7 Å². The molecule has 24 heavy (non-hydrogen) atoms. The van der Waals surface area contributed by atoms with Gasteiger partial charge in [0.15, 0.2) is 0 Å². The molecular formula is C19H24N2O3. The Morgan fingerprint density at radius 3 is 2.96 bits per heavy atom. The van der Waals surface area contributed by atoms with Gasteiger partial charge in [0.25, 0.3) is 0 Å². The Labute approximate surface area is 142 Å². The van der Waals surface area contributed by atoms with E-state index in [2.05, 4.69) is 4.90 Å². The Balaban J connectivity index is 2.13. The van der Waals surface area contributed by atoms with Gasteiger partial charge in [0, 0.05) is 25.1 Å². The summed E-state index contributed by atoms with van der Waals surface area (Å²) in [6.45, 7) is 5.82. The number of fused-ring (bicyclic) bond motifs is 1. The molecule has 5 nitrogen and oxygen atoms in total. The fourth-order valence-corrected chi connectivity index (χ4v) is 3.44. The van der Waals surface area contributed by atoms with E-state index in [9.17, 15) is 9.90 Å². The third kappa shape index (κ3) is 3.08. The number of anilines is 1. The SMILES string of the molecule is CCOC(=O)c1c(N2CCCC(CO)C2)nc2ccccc2c1C. The van der Waals surface area contributed by atoms with Crippen LogP contribution >= 0.6 is 0 Å². The van der Waals surface area contributed by atoms with E-state index >= 15 is 0 Å². The summed E-state index contributed by atoms with van der Waals surface area (Å²) in [6, 6.07) is 7.86. The summed E-state index contributed by atoms with van der Waals surface area (Å²) >= 11 is 0. The number of aryl methyl sites for hydroxylation is 1. The summed E-state index contributed by atoms with van der Waals surface area (Å²) in [5, 5.41) is 10.5.